The molecule has 0 amide bonds. The van der Waals surface area contributed by atoms with Crippen LogP contribution in [0.25, 0.3) is 0 Å². The number of hydrogen-bond donors (Lipinski definition) is 4. The van der Waals surface area contributed by atoms with E-state index in [0.29, 0.717) is 0 Å². The number of aliphatic carboxylic acids is 2. The fourth-order valence-electron chi connectivity index (χ4n) is 0. The van der Waals surface area contributed by atoms with E-state index in [-0.39, 0.29) is 37.5 Å². The van der Waals surface area contributed by atoms with Gasteiger partial charge in [-0.25, -0.2) is 9.59 Å². The van der Waals surface area contributed by atoms with Gasteiger partial charge in [-0.3, -0.25) is 9.11 Å². The van der Waals surface area contributed by atoms with E-state index in [2.05, 4.69) is 0 Å². The van der Waals surface area contributed by atoms with E-state index in [0.717, 1.165) is 0 Å². The number of carboxylic acid groups (broad SMARTS) is 2. The standard InChI is InChI=1S/2C2HF3O2.2CHF3O3S.Cu.Pd/c2*3-2(4,5)1(6)7;2*2-1(3,4)8(5,6)7;;/h2*(H,6,7);2*(H,5,6,7);;/q;;;;2*+2. The topological polar surface area (TPSA) is 183 Å². The van der Waals surface area contributed by atoms with Crippen molar-refractivity contribution < 1.29 is 136 Å². The zero-order chi connectivity index (χ0) is 26.2. The molecule has 0 aliphatic heterocycles. The first kappa shape index (κ1) is 44.7. The van der Waals surface area contributed by atoms with E-state index < -0.39 is 55.5 Å². The molecule has 26 heteroatoms. The Hall–Kier alpha value is -0.898. The van der Waals surface area contributed by atoms with E-state index in [1.54, 1.807) is 0 Å². The summed E-state index contributed by atoms with van der Waals surface area (Å²) in [6.45, 7) is 0. The molecule has 0 aliphatic carbocycles. The van der Waals surface area contributed by atoms with Crippen LogP contribution in [0.5, 0.6) is 0 Å². The molecule has 0 saturated heterocycles. The summed E-state index contributed by atoms with van der Waals surface area (Å²) < 4.78 is 179. The minimum absolute atomic E-state index is 0. The van der Waals surface area contributed by atoms with E-state index in [1.807, 2.05) is 0 Å². The fourth-order valence-corrected chi connectivity index (χ4v) is 0. The Morgan fingerprint density at radius 2 is 0.594 bits per heavy atom. The van der Waals surface area contributed by atoms with Gasteiger partial charge in [0.15, 0.2) is 0 Å². The van der Waals surface area contributed by atoms with Crippen molar-refractivity contribution >= 4 is 32.2 Å². The van der Waals surface area contributed by atoms with Crippen molar-refractivity contribution in [1.82, 2.24) is 0 Å². The van der Waals surface area contributed by atoms with Gasteiger partial charge >= 0.3 is 93.0 Å². The minimum Gasteiger partial charge on any atom is -0.475 e. The van der Waals surface area contributed by atoms with Crippen molar-refractivity contribution in [3.63, 3.8) is 0 Å². The summed E-state index contributed by atoms with van der Waals surface area (Å²) in [5.74, 6) is -5.51. The number of carbonyl (C=O) groups is 2. The van der Waals surface area contributed by atoms with Gasteiger partial charge in [0.1, 0.15) is 0 Å². The third kappa shape index (κ3) is 27.1. The Morgan fingerprint density at radius 3 is 0.594 bits per heavy atom. The van der Waals surface area contributed by atoms with Crippen LogP contribution in [0.3, 0.4) is 0 Å². The van der Waals surface area contributed by atoms with E-state index >= 15 is 0 Å². The van der Waals surface area contributed by atoms with Gasteiger partial charge < -0.3 is 10.2 Å². The Balaban J connectivity index is -0.0000000691. The number of carboxylic acids is 2. The number of rotatable bonds is 0. The van der Waals surface area contributed by atoms with Crippen LogP contribution in [-0.4, -0.2) is 71.5 Å². The second-order valence-corrected chi connectivity index (χ2v) is 6.27. The van der Waals surface area contributed by atoms with Gasteiger partial charge in [-0.2, -0.15) is 69.5 Å². The Kier molecular flexibility index (Phi) is 21.1. The molecule has 0 heterocycles. The van der Waals surface area contributed by atoms with Crippen LogP contribution in [0.1, 0.15) is 0 Å². The predicted molar refractivity (Wildman–Crippen MR) is 62.6 cm³/mol. The molecular weight excluding hydrogens is 694 g/mol. The summed E-state index contributed by atoms with van der Waals surface area (Å²) in [4.78, 5) is 17.8. The molecule has 0 unspecified atom stereocenters. The second kappa shape index (κ2) is 15.1. The molecule has 201 valence electrons. The summed E-state index contributed by atoms with van der Waals surface area (Å²) in [5.41, 5.74) is -11.1. The molecule has 0 aliphatic rings. The first-order chi connectivity index (χ1) is 12.4. The molecule has 0 saturated carbocycles. The average molecular weight is 698 g/mol. The second-order valence-electron chi connectivity index (χ2n) is 3.45. The quantitative estimate of drug-likeness (QED) is 0.127. The SMILES string of the molecule is O=C(O)C(F)(F)F.O=C(O)C(F)(F)F.O=S(=O)(O)C(F)(F)F.O=S(=O)(O)C(F)(F)F.[Cu+2].[Pd+2]. The van der Waals surface area contributed by atoms with Gasteiger partial charge in [-0.1, -0.05) is 0 Å². The van der Waals surface area contributed by atoms with Crippen LogP contribution in [-0.2, 0) is 67.3 Å². The molecule has 0 spiro atoms. The fraction of sp³-hybridized carbons (Fsp3) is 0.667. The van der Waals surface area contributed by atoms with Crippen molar-refractivity contribution in [2.24, 2.45) is 0 Å². The van der Waals surface area contributed by atoms with E-state index in [4.69, 9.17) is 45.7 Å². The predicted octanol–water partition coefficient (Wildman–Crippen LogP) is 2.05. The molecule has 4 N–H and O–H groups in total. The molecule has 0 aromatic rings. The van der Waals surface area contributed by atoms with Gasteiger partial charge in [-0.05, 0) is 0 Å². The maximum Gasteiger partial charge on any atom is 2.00 e. The smallest absolute Gasteiger partial charge is 0.475 e. The molecule has 10 nitrogen and oxygen atoms in total. The largest absolute Gasteiger partial charge is 2.00 e. The van der Waals surface area contributed by atoms with E-state index in [9.17, 15) is 52.7 Å². The first-order valence-electron chi connectivity index (χ1n) is 5.06. The molecule has 32 heavy (non-hydrogen) atoms. The van der Waals surface area contributed by atoms with E-state index in [1.165, 1.54) is 0 Å². The van der Waals surface area contributed by atoms with Gasteiger partial charge in [0, 0.05) is 0 Å². The zero-order valence-electron chi connectivity index (χ0n) is 13.2. The van der Waals surface area contributed by atoms with Crippen LogP contribution in [0, 0.1) is 0 Å². The maximum absolute atomic E-state index is 10.7. The molecular formula is C6H4CuF12O10PdS2+4. The minimum atomic E-state index is -5.84. The zero-order valence-corrected chi connectivity index (χ0v) is 17.3. The summed E-state index contributed by atoms with van der Waals surface area (Å²) in [7, 11) is -11.7. The van der Waals surface area contributed by atoms with Crippen LogP contribution in [0.4, 0.5) is 52.7 Å². The van der Waals surface area contributed by atoms with Gasteiger partial charge in [0.2, 0.25) is 0 Å². The summed E-state index contributed by atoms with van der Waals surface area (Å²) in [6, 6.07) is 0. The number of hydrogen-bond acceptors (Lipinski definition) is 6. The average Bonchev–Trinajstić information content (AvgIpc) is 2.33. The third-order valence-electron chi connectivity index (χ3n) is 1.07. The van der Waals surface area contributed by atoms with Crippen LogP contribution < -0.4 is 0 Å². The molecule has 0 aromatic carbocycles. The van der Waals surface area contributed by atoms with Crippen molar-refractivity contribution in [2.75, 3.05) is 0 Å². The Labute approximate surface area is 191 Å². The van der Waals surface area contributed by atoms with Crippen molar-refractivity contribution in [3.05, 3.63) is 0 Å². The van der Waals surface area contributed by atoms with Crippen LogP contribution in [0.15, 0.2) is 0 Å². The molecule has 0 rings (SSSR count). The number of alkyl halides is 12. The van der Waals surface area contributed by atoms with Crippen LogP contribution in [0.2, 0.25) is 0 Å². The molecule has 0 fully saturated rings. The van der Waals surface area contributed by atoms with Crippen molar-refractivity contribution in [2.45, 2.75) is 23.4 Å². The van der Waals surface area contributed by atoms with Crippen molar-refractivity contribution in [3.8, 4) is 0 Å². The number of halogens is 12. The summed E-state index contributed by atoms with van der Waals surface area (Å²) in [5, 5.41) is 14.2. The Bertz CT molecular complexity index is 700. The molecule has 0 aromatic heterocycles. The molecule has 0 bridgehead atoms. The monoisotopic (exact) mass is 697 g/mol. The maximum atomic E-state index is 10.7. The Morgan fingerprint density at radius 1 is 0.531 bits per heavy atom. The van der Waals surface area contributed by atoms with Gasteiger partial charge in [-0.15, -0.1) is 0 Å². The van der Waals surface area contributed by atoms with Crippen molar-refractivity contribution in [1.29, 1.82) is 0 Å². The first-order valence-corrected chi connectivity index (χ1v) is 7.94. The summed E-state index contributed by atoms with van der Waals surface area (Å²) >= 11 is 0. The third-order valence-corrected chi connectivity index (χ3v) is 2.24. The van der Waals surface area contributed by atoms with Gasteiger partial charge in [0.25, 0.3) is 0 Å². The summed E-state index contributed by atoms with van der Waals surface area (Å²) in [6.07, 6.45) is -10.2. The van der Waals surface area contributed by atoms with Crippen LogP contribution >= 0.6 is 0 Å². The normalized spacial score (nSPS) is 11.9. The molecule has 0 atom stereocenters. The van der Waals surface area contributed by atoms with Gasteiger partial charge in [0.05, 0.1) is 0 Å². The molecule has 1 radical (unpaired) electrons.